The van der Waals surface area contributed by atoms with E-state index < -0.39 is 6.61 Å². The first-order valence-electron chi connectivity index (χ1n) is 5.36. The molecule has 0 amide bonds. The quantitative estimate of drug-likeness (QED) is 0.470. The minimum Gasteiger partial charge on any atom is -0.439 e. The van der Waals surface area contributed by atoms with Crippen LogP contribution in [0.5, 0.6) is 0 Å². The number of allylic oxidation sites excluding steroid dienone is 4. The fourth-order valence-corrected chi connectivity index (χ4v) is 1.22. The second-order valence-corrected chi connectivity index (χ2v) is 3.61. The van der Waals surface area contributed by atoms with Gasteiger partial charge in [0.05, 0.1) is 0 Å². The Balaban J connectivity index is 4.68. The summed E-state index contributed by atoms with van der Waals surface area (Å²) in [6.07, 6.45) is 5.14. The van der Waals surface area contributed by atoms with Gasteiger partial charge in [-0.1, -0.05) is 33.8 Å². The Morgan fingerprint density at radius 1 is 1.27 bits per heavy atom. The molecule has 0 heterocycles. The van der Waals surface area contributed by atoms with E-state index >= 15 is 0 Å². The van der Waals surface area contributed by atoms with E-state index in [4.69, 9.17) is 0 Å². The molecule has 0 bridgehead atoms. The molecule has 0 radical (unpaired) electrons. The standard InChI is InChI=1S/C12H20F2O/c1-5-7-10(9(3)4)8-11(6-2)15-12(13)14/h7-9,12H,5-6H2,1-4H3/b10-7+,11-8+. The molecule has 3 heteroatoms. The van der Waals surface area contributed by atoms with Gasteiger partial charge in [-0.25, -0.2) is 0 Å². The molecule has 1 nitrogen and oxygen atoms in total. The highest BCUT2D eigenvalue weighted by Gasteiger charge is 2.07. The summed E-state index contributed by atoms with van der Waals surface area (Å²) in [4.78, 5) is 0. The number of halogens is 2. The highest BCUT2D eigenvalue weighted by molar-refractivity contribution is 5.22. The van der Waals surface area contributed by atoms with Gasteiger partial charge in [-0.2, -0.15) is 8.78 Å². The molecule has 88 valence electrons. The lowest BCUT2D eigenvalue weighted by Crippen LogP contribution is -2.00. The maximum Gasteiger partial charge on any atom is 0.387 e. The minimum atomic E-state index is -2.73. The van der Waals surface area contributed by atoms with Gasteiger partial charge in [0.2, 0.25) is 0 Å². The number of alkyl halides is 2. The highest BCUT2D eigenvalue weighted by atomic mass is 19.3. The van der Waals surface area contributed by atoms with Gasteiger partial charge in [0.15, 0.2) is 0 Å². The Labute approximate surface area is 90.8 Å². The molecule has 0 aromatic rings. The Bertz CT molecular complexity index is 230. The number of rotatable bonds is 6. The van der Waals surface area contributed by atoms with E-state index in [-0.39, 0.29) is 0 Å². The Hall–Kier alpha value is -0.860. The van der Waals surface area contributed by atoms with Crippen molar-refractivity contribution < 1.29 is 13.5 Å². The molecule has 0 fully saturated rings. The van der Waals surface area contributed by atoms with Crippen LogP contribution in [0.15, 0.2) is 23.5 Å². The maximum atomic E-state index is 12.0. The summed E-state index contributed by atoms with van der Waals surface area (Å²) in [6, 6.07) is 0. The second-order valence-electron chi connectivity index (χ2n) is 3.61. The molecule has 0 aliphatic heterocycles. The third-order valence-corrected chi connectivity index (χ3v) is 2.02. The Morgan fingerprint density at radius 3 is 2.20 bits per heavy atom. The van der Waals surface area contributed by atoms with Crippen molar-refractivity contribution in [3.05, 3.63) is 23.5 Å². The van der Waals surface area contributed by atoms with E-state index in [2.05, 4.69) is 4.74 Å². The highest BCUT2D eigenvalue weighted by Crippen LogP contribution is 2.18. The number of hydrogen-bond acceptors (Lipinski definition) is 1. The van der Waals surface area contributed by atoms with Crippen LogP contribution in [0.2, 0.25) is 0 Å². The Kier molecular flexibility index (Phi) is 7.01. The molecule has 0 saturated carbocycles. The van der Waals surface area contributed by atoms with Crippen LogP contribution in [0.4, 0.5) is 8.78 Å². The molecular weight excluding hydrogens is 198 g/mol. The molecule has 0 saturated heterocycles. The number of hydrogen-bond donors (Lipinski definition) is 0. The van der Waals surface area contributed by atoms with Gasteiger partial charge in [-0.3, -0.25) is 0 Å². The van der Waals surface area contributed by atoms with E-state index in [9.17, 15) is 8.78 Å². The second kappa shape index (κ2) is 7.43. The van der Waals surface area contributed by atoms with E-state index in [0.717, 1.165) is 12.0 Å². The summed E-state index contributed by atoms with van der Waals surface area (Å²) in [7, 11) is 0. The molecule has 0 aromatic heterocycles. The molecule has 0 spiro atoms. The molecule has 0 rings (SSSR count). The van der Waals surface area contributed by atoms with E-state index in [1.807, 2.05) is 26.8 Å². The smallest absolute Gasteiger partial charge is 0.387 e. The van der Waals surface area contributed by atoms with Crippen LogP contribution >= 0.6 is 0 Å². The lowest BCUT2D eigenvalue weighted by molar-refractivity contribution is -0.0980. The normalized spacial score (nSPS) is 13.9. The topological polar surface area (TPSA) is 9.23 Å². The number of ether oxygens (including phenoxy) is 1. The molecule has 0 aliphatic carbocycles. The third kappa shape index (κ3) is 6.26. The summed E-state index contributed by atoms with van der Waals surface area (Å²) in [5, 5.41) is 0. The zero-order valence-electron chi connectivity index (χ0n) is 9.89. The van der Waals surface area contributed by atoms with Gasteiger partial charge in [0.25, 0.3) is 0 Å². The summed E-state index contributed by atoms with van der Waals surface area (Å²) >= 11 is 0. The lowest BCUT2D eigenvalue weighted by Gasteiger charge is -2.11. The van der Waals surface area contributed by atoms with E-state index in [1.54, 1.807) is 13.0 Å². The van der Waals surface area contributed by atoms with Gasteiger partial charge >= 0.3 is 6.61 Å². The SMILES string of the molecule is CC/C=C(\C=C(/CC)OC(F)F)C(C)C. The predicted molar refractivity (Wildman–Crippen MR) is 58.7 cm³/mol. The van der Waals surface area contributed by atoms with Crippen molar-refractivity contribution in [2.45, 2.75) is 47.1 Å². The summed E-state index contributed by atoms with van der Waals surface area (Å²) in [5.74, 6) is 0.672. The Morgan fingerprint density at radius 2 is 1.87 bits per heavy atom. The van der Waals surface area contributed by atoms with Gasteiger partial charge in [0.1, 0.15) is 5.76 Å². The van der Waals surface area contributed by atoms with Crippen molar-refractivity contribution in [3.8, 4) is 0 Å². The zero-order valence-corrected chi connectivity index (χ0v) is 9.89. The van der Waals surface area contributed by atoms with E-state index in [0.29, 0.717) is 18.1 Å². The van der Waals surface area contributed by atoms with Crippen LogP contribution < -0.4 is 0 Å². The largest absolute Gasteiger partial charge is 0.439 e. The van der Waals surface area contributed by atoms with Crippen molar-refractivity contribution in [1.29, 1.82) is 0 Å². The van der Waals surface area contributed by atoms with Crippen LogP contribution in [0, 0.1) is 5.92 Å². The van der Waals surface area contributed by atoms with Crippen LogP contribution in [-0.2, 0) is 4.74 Å². The van der Waals surface area contributed by atoms with Crippen LogP contribution in [-0.4, -0.2) is 6.61 Å². The van der Waals surface area contributed by atoms with Crippen molar-refractivity contribution in [2.75, 3.05) is 0 Å². The molecule has 0 atom stereocenters. The van der Waals surface area contributed by atoms with Crippen LogP contribution in [0.3, 0.4) is 0 Å². The first-order valence-corrected chi connectivity index (χ1v) is 5.36. The summed E-state index contributed by atoms with van der Waals surface area (Å²) in [5.41, 5.74) is 1.05. The molecule has 0 unspecified atom stereocenters. The van der Waals surface area contributed by atoms with Gasteiger partial charge in [-0.15, -0.1) is 0 Å². The predicted octanol–water partition coefficient (Wildman–Crippen LogP) is 4.51. The van der Waals surface area contributed by atoms with Crippen LogP contribution in [0.1, 0.15) is 40.5 Å². The molecule has 0 aromatic carbocycles. The van der Waals surface area contributed by atoms with Crippen molar-refractivity contribution in [2.24, 2.45) is 5.92 Å². The van der Waals surface area contributed by atoms with Gasteiger partial charge in [0, 0.05) is 6.42 Å². The third-order valence-electron chi connectivity index (χ3n) is 2.02. The first kappa shape index (κ1) is 14.1. The molecule has 15 heavy (non-hydrogen) atoms. The molecular formula is C12H20F2O. The fraction of sp³-hybridized carbons (Fsp3) is 0.667. The fourth-order valence-electron chi connectivity index (χ4n) is 1.22. The van der Waals surface area contributed by atoms with Crippen molar-refractivity contribution in [3.63, 3.8) is 0 Å². The molecule has 0 aliphatic rings. The summed E-state index contributed by atoms with van der Waals surface area (Å²) < 4.78 is 28.5. The lowest BCUT2D eigenvalue weighted by atomic mass is 10.0. The van der Waals surface area contributed by atoms with Crippen molar-refractivity contribution in [1.82, 2.24) is 0 Å². The zero-order chi connectivity index (χ0) is 11.8. The van der Waals surface area contributed by atoms with Crippen LogP contribution in [0.25, 0.3) is 0 Å². The van der Waals surface area contributed by atoms with Crippen molar-refractivity contribution >= 4 is 0 Å². The van der Waals surface area contributed by atoms with Gasteiger partial charge < -0.3 is 4.74 Å². The average molecular weight is 218 g/mol. The first-order chi connectivity index (χ1) is 7.01. The minimum absolute atomic E-state index is 0.327. The van der Waals surface area contributed by atoms with Gasteiger partial charge in [-0.05, 0) is 24.0 Å². The van der Waals surface area contributed by atoms with E-state index in [1.165, 1.54) is 0 Å². The summed E-state index contributed by atoms with van der Waals surface area (Å²) in [6.45, 7) is 5.17. The monoisotopic (exact) mass is 218 g/mol. The molecule has 0 N–H and O–H groups in total. The maximum absolute atomic E-state index is 12.0. The average Bonchev–Trinajstić information content (AvgIpc) is 2.14.